The number of nitrogens with zero attached hydrogens (tertiary/aromatic N) is 2. The lowest BCUT2D eigenvalue weighted by atomic mass is 10.1. The van der Waals surface area contributed by atoms with Gasteiger partial charge in [-0.1, -0.05) is 12.1 Å². The van der Waals surface area contributed by atoms with Gasteiger partial charge in [-0.05, 0) is 42.8 Å². The highest BCUT2D eigenvalue weighted by Gasteiger charge is 2.23. The van der Waals surface area contributed by atoms with E-state index in [-0.39, 0.29) is 11.7 Å². The summed E-state index contributed by atoms with van der Waals surface area (Å²) < 4.78 is 7.14. The molecule has 1 heterocycles. The average Bonchev–Trinajstić information content (AvgIpc) is 3.10. The van der Waals surface area contributed by atoms with E-state index in [1.165, 1.54) is 0 Å². The van der Waals surface area contributed by atoms with Gasteiger partial charge < -0.3 is 19.9 Å². The number of aryl methyl sites for hydroxylation is 1. The van der Waals surface area contributed by atoms with Crippen LogP contribution < -0.4 is 26.2 Å². The summed E-state index contributed by atoms with van der Waals surface area (Å²) in [5, 5.41) is 6.23. The highest BCUT2D eigenvalue weighted by molar-refractivity contribution is 5.84. The molecule has 0 radical (unpaired) electrons. The van der Waals surface area contributed by atoms with Crippen molar-refractivity contribution in [1.29, 1.82) is 0 Å². The van der Waals surface area contributed by atoms with E-state index in [1.807, 2.05) is 61.0 Å². The first kappa shape index (κ1) is 17.8. The molecule has 0 amide bonds. The molecule has 0 unspecified atom stereocenters. The number of hydrogen-bond donors (Lipinski definition) is 2. The van der Waals surface area contributed by atoms with Crippen molar-refractivity contribution in [2.24, 2.45) is 7.05 Å². The summed E-state index contributed by atoms with van der Waals surface area (Å²) in [5.41, 5.74) is 3.01. The number of methoxy groups -OCH3 is 1. The molecule has 4 rings (SSSR count). The summed E-state index contributed by atoms with van der Waals surface area (Å²) in [6, 6.07) is 13.0. The van der Waals surface area contributed by atoms with Crippen LogP contribution in [0.4, 0.5) is 17.1 Å². The van der Waals surface area contributed by atoms with Gasteiger partial charge in [-0.15, -0.1) is 0 Å². The standard InChI is InChI=1S/C21H20N4O3/c1-12(13-5-4-6-15(9-13)28-3)23-18-19(21(27)20(18)26)24-14-7-8-16-17(10-14)25(2)11-22-16/h4-12,23-24H,1-3H3/t12-/m1/s1. The largest absolute Gasteiger partial charge is 0.497 e. The number of nitrogens with one attached hydrogen (secondary N) is 2. The van der Waals surface area contributed by atoms with Crippen LogP contribution in [0.15, 0.2) is 58.4 Å². The Morgan fingerprint density at radius 3 is 2.64 bits per heavy atom. The van der Waals surface area contributed by atoms with Crippen molar-refractivity contribution in [2.45, 2.75) is 13.0 Å². The number of anilines is 3. The second-order valence-corrected chi connectivity index (χ2v) is 6.73. The van der Waals surface area contributed by atoms with Crippen LogP contribution >= 0.6 is 0 Å². The van der Waals surface area contributed by atoms with Gasteiger partial charge in [0.2, 0.25) is 0 Å². The highest BCUT2D eigenvalue weighted by atomic mass is 16.5. The van der Waals surface area contributed by atoms with E-state index in [4.69, 9.17) is 4.74 Å². The number of aromatic nitrogens is 2. The maximum absolute atomic E-state index is 12.1. The minimum absolute atomic E-state index is 0.168. The highest BCUT2D eigenvalue weighted by Crippen LogP contribution is 2.27. The van der Waals surface area contributed by atoms with E-state index in [1.54, 1.807) is 13.4 Å². The lowest BCUT2D eigenvalue weighted by Gasteiger charge is -2.20. The Hall–Kier alpha value is -3.61. The van der Waals surface area contributed by atoms with E-state index in [9.17, 15) is 9.59 Å². The Labute approximate surface area is 161 Å². The molecule has 1 atom stereocenters. The normalized spacial score (nSPS) is 12.2. The van der Waals surface area contributed by atoms with Crippen LogP contribution in [-0.4, -0.2) is 16.7 Å². The van der Waals surface area contributed by atoms with Crippen LogP contribution in [0.5, 0.6) is 5.75 Å². The van der Waals surface area contributed by atoms with Crippen LogP contribution in [-0.2, 0) is 7.05 Å². The Bertz CT molecular complexity index is 1230. The Balaban J connectivity index is 1.59. The molecule has 1 aromatic heterocycles. The lowest BCUT2D eigenvalue weighted by Crippen LogP contribution is -2.37. The van der Waals surface area contributed by atoms with Crippen LogP contribution in [0.25, 0.3) is 11.0 Å². The van der Waals surface area contributed by atoms with Crippen molar-refractivity contribution < 1.29 is 4.74 Å². The minimum atomic E-state index is -0.523. The Kier molecular flexibility index (Phi) is 4.35. The molecule has 0 saturated heterocycles. The molecule has 0 bridgehead atoms. The van der Waals surface area contributed by atoms with Gasteiger partial charge in [0.1, 0.15) is 17.1 Å². The molecule has 0 fully saturated rings. The number of hydrogen-bond acceptors (Lipinski definition) is 6. The summed E-state index contributed by atoms with van der Waals surface area (Å²) in [6.45, 7) is 1.93. The molecule has 2 N–H and O–H groups in total. The van der Waals surface area contributed by atoms with Crippen LogP contribution in [0.3, 0.4) is 0 Å². The third-order valence-corrected chi connectivity index (χ3v) is 4.86. The zero-order valence-corrected chi connectivity index (χ0v) is 15.8. The number of ether oxygens (including phenoxy) is 1. The van der Waals surface area contributed by atoms with Crippen molar-refractivity contribution in [3.63, 3.8) is 0 Å². The smallest absolute Gasteiger partial charge is 0.253 e. The van der Waals surface area contributed by atoms with E-state index >= 15 is 0 Å². The summed E-state index contributed by atoms with van der Waals surface area (Å²) in [4.78, 5) is 28.5. The number of imidazole rings is 1. The second-order valence-electron chi connectivity index (χ2n) is 6.73. The molecule has 0 aliphatic carbocycles. The van der Waals surface area contributed by atoms with Crippen molar-refractivity contribution in [1.82, 2.24) is 9.55 Å². The van der Waals surface area contributed by atoms with Crippen molar-refractivity contribution in [2.75, 3.05) is 17.7 Å². The number of rotatable bonds is 6. The SMILES string of the molecule is COc1cccc([C@@H](C)Nc2c(Nc3ccc4ncn(C)c4c3)c(=O)c2=O)c1. The van der Waals surface area contributed by atoms with Gasteiger partial charge >= 0.3 is 0 Å². The molecule has 0 saturated carbocycles. The fourth-order valence-electron chi connectivity index (χ4n) is 3.21. The van der Waals surface area contributed by atoms with Gasteiger partial charge in [0.15, 0.2) is 0 Å². The van der Waals surface area contributed by atoms with Crippen LogP contribution in [0.2, 0.25) is 0 Å². The van der Waals surface area contributed by atoms with Gasteiger partial charge in [-0.3, -0.25) is 9.59 Å². The summed E-state index contributed by atoms with van der Waals surface area (Å²) >= 11 is 0. The molecule has 142 valence electrons. The van der Waals surface area contributed by atoms with Crippen molar-refractivity contribution in [3.05, 3.63) is 74.8 Å². The summed E-state index contributed by atoms with van der Waals surface area (Å²) in [5.74, 6) is 0.735. The Morgan fingerprint density at radius 2 is 1.86 bits per heavy atom. The van der Waals surface area contributed by atoms with Crippen LogP contribution in [0.1, 0.15) is 18.5 Å². The fourth-order valence-corrected chi connectivity index (χ4v) is 3.21. The lowest BCUT2D eigenvalue weighted by molar-refractivity contribution is 0.414. The first-order chi connectivity index (χ1) is 13.5. The fraction of sp³-hybridized carbons (Fsp3) is 0.190. The number of benzene rings is 2. The maximum Gasteiger partial charge on any atom is 0.253 e. The van der Waals surface area contributed by atoms with Gasteiger partial charge in [-0.2, -0.15) is 0 Å². The molecular formula is C21H20N4O3. The van der Waals surface area contributed by atoms with Gasteiger partial charge in [0, 0.05) is 18.8 Å². The molecule has 0 spiro atoms. The van der Waals surface area contributed by atoms with Crippen molar-refractivity contribution in [3.8, 4) is 5.75 Å². The topological polar surface area (TPSA) is 85.2 Å². The van der Waals surface area contributed by atoms with E-state index in [0.29, 0.717) is 5.69 Å². The average molecular weight is 376 g/mol. The van der Waals surface area contributed by atoms with E-state index in [2.05, 4.69) is 15.6 Å². The maximum atomic E-state index is 12.1. The quantitative estimate of drug-likeness (QED) is 0.503. The second kappa shape index (κ2) is 6.84. The molecule has 7 nitrogen and oxygen atoms in total. The van der Waals surface area contributed by atoms with Gasteiger partial charge in [-0.25, -0.2) is 4.98 Å². The zero-order valence-electron chi connectivity index (χ0n) is 15.8. The van der Waals surface area contributed by atoms with Gasteiger partial charge in [0.25, 0.3) is 10.9 Å². The molecule has 4 aromatic rings. The molecule has 3 aromatic carbocycles. The molecule has 7 heteroatoms. The third-order valence-electron chi connectivity index (χ3n) is 4.86. The predicted molar refractivity (Wildman–Crippen MR) is 110 cm³/mol. The van der Waals surface area contributed by atoms with E-state index in [0.717, 1.165) is 28.0 Å². The molecular weight excluding hydrogens is 356 g/mol. The van der Waals surface area contributed by atoms with Gasteiger partial charge in [0.05, 0.1) is 24.5 Å². The zero-order chi connectivity index (χ0) is 19.8. The first-order valence-corrected chi connectivity index (χ1v) is 8.90. The third kappa shape index (κ3) is 3.00. The van der Waals surface area contributed by atoms with E-state index < -0.39 is 10.9 Å². The number of fused-ring (bicyclic) bond motifs is 1. The summed E-state index contributed by atoms with van der Waals surface area (Å²) in [6.07, 6.45) is 1.73. The van der Waals surface area contributed by atoms with Crippen molar-refractivity contribution >= 4 is 28.1 Å². The monoisotopic (exact) mass is 376 g/mol. The first-order valence-electron chi connectivity index (χ1n) is 8.90. The minimum Gasteiger partial charge on any atom is -0.497 e. The predicted octanol–water partition coefficient (Wildman–Crippen LogP) is 3.09. The summed E-state index contributed by atoms with van der Waals surface area (Å²) in [7, 11) is 3.51. The van der Waals surface area contributed by atoms with Crippen LogP contribution in [0, 0.1) is 0 Å². The molecule has 28 heavy (non-hydrogen) atoms. The molecule has 0 aliphatic heterocycles. The molecule has 0 aliphatic rings. The Morgan fingerprint density at radius 1 is 1.07 bits per heavy atom.